The number of thiazole rings is 1. The van der Waals surface area contributed by atoms with E-state index >= 15 is 0 Å². The predicted molar refractivity (Wildman–Crippen MR) is 99.8 cm³/mol. The molecule has 0 atom stereocenters. The highest BCUT2D eigenvalue weighted by Gasteiger charge is 2.04. The number of nitrogens with one attached hydrogen (secondary N) is 2. The Morgan fingerprint density at radius 1 is 1.25 bits per heavy atom. The molecule has 6 nitrogen and oxygen atoms in total. The molecule has 24 heavy (non-hydrogen) atoms. The summed E-state index contributed by atoms with van der Waals surface area (Å²) in [7, 11) is 1.43. The number of hydrogen-bond donors (Lipinski definition) is 2. The first-order valence-corrected chi connectivity index (χ1v) is 9.40. The Hall–Kier alpha value is -1.63. The van der Waals surface area contributed by atoms with Crippen LogP contribution in [0.1, 0.15) is 48.2 Å². The van der Waals surface area contributed by atoms with Crippen molar-refractivity contribution in [2.45, 2.75) is 52.9 Å². The zero-order valence-corrected chi connectivity index (χ0v) is 16.1. The number of guanidine groups is 1. The Labute approximate surface area is 149 Å². The first kappa shape index (κ1) is 20.4. The zero-order valence-electron chi connectivity index (χ0n) is 15.3. The number of aliphatic imine (C=N–C) groups is 1. The molecule has 0 saturated heterocycles. The summed E-state index contributed by atoms with van der Waals surface area (Å²) in [6.45, 7) is 8.63. The highest BCUT2D eigenvalue weighted by atomic mass is 32.1. The molecule has 1 aromatic rings. The van der Waals surface area contributed by atoms with Crippen LogP contribution in [0.15, 0.2) is 4.99 Å². The van der Waals surface area contributed by atoms with Crippen LogP contribution < -0.4 is 10.6 Å². The van der Waals surface area contributed by atoms with Gasteiger partial charge in [0.25, 0.3) is 0 Å². The van der Waals surface area contributed by atoms with Crippen LogP contribution in [0.4, 0.5) is 0 Å². The van der Waals surface area contributed by atoms with Crippen molar-refractivity contribution < 1.29 is 9.53 Å². The Kier molecular flexibility index (Phi) is 10.1. The molecule has 0 spiro atoms. The molecule has 0 bridgehead atoms. The molecule has 0 aromatic carbocycles. The number of carbonyl (C=O) groups is 1. The van der Waals surface area contributed by atoms with Gasteiger partial charge in [0, 0.05) is 37.4 Å². The maximum absolute atomic E-state index is 11.0. The number of unbranched alkanes of at least 4 members (excludes halogenated alkanes) is 2. The number of hydrogen-bond acceptors (Lipinski definition) is 5. The molecule has 0 radical (unpaired) electrons. The van der Waals surface area contributed by atoms with Crippen molar-refractivity contribution >= 4 is 23.3 Å². The number of ether oxygens (including phenoxy) is 1. The Balaban J connectivity index is 2.25. The van der Waals surface area contributed by atoms with Crippen LogP contribution in [0.2, 0.25) is 0 Å². The van der Waals surface area contributed by atoms with Gasteiger partial charge in [-0.1, -0.05) is 6.42 Å². The van der Waals surface area contributed by atoms with E-state index in [1.165, 1.54) is 12.0 Å². The lowest BCUT2D eigenvalue weighted by Crippen LogP contribution is -2.38. The second-order valence-corrected chi connectivity index (χ2v) is 6.86. The van der Waals surface area contributed by atoms with Crippen molar-refractivity contribution in [1.82, 2.24) is 15.6 Å². The van der Waals surface area contributed by atoms with E-state index in [-0.39, 0.29) is 5.97 Å². The molecule has 0 aliphatic heterocycles. The summed E-state index contributed by atoms with van der Waals surface area (Å²) in [5, 5.41) is 7.76. The molecular formula is C17H30N4O2S. The number of nitrogens with zero attached hydrogens (tertiary/aromatic N) is 2. The summed E-state index contributed by atoms with van der Waals surface area (Å²) in [6, 6.07) is 0. The Morgan fingerprint density at radius 2 is 2.04 bits per heavy atom. The summed E-state index contributed by atoms with van der Waals surface area (Å²) in [5.74, 6) is 0.705. The largest absolute Gasteiger partial charge is 0.469 e. The number of rotatable bonds is 10. The minimum absolute atomic E-state index is 0.138. The van der Waals surface area contributed by atoms with Crippen LogP contribution in [-0.2, 0) is 16.0 Å². The van der Waals surface area contributed by atoms with E-state index in [1.54, 1.807) is 11.3 Å². The van der Waals surface area contributed by atoms with E-state index in [2.05, 4.69) is 46.1 Å². The van der Waals surface area contributed by atoms with Crippen molar-refractivity contribution in [3.05, 3.63) is 15.6 Å². The van der Waals surface area contributed by atoms with Crippen LogP contribution in [0.25, 0.3) is 0 Å². The topological polar surface area (TPSA) is 75.6 Å². The van der Waals surface area contributed by atoms with Gasteiger partial charge in [0.15, 0.2) is 5.96 Å². The first-order chi connectivity index (χ1) is 11.6. The van der Waals surface area contributed by atoms with Gasteiger partial charge in [-0.3, -0.25) is 9.79 Å². The van der Waals surface area contributed by atoms with Crippen molar-refractivity contribution in [2.75, 3.05) is 26.7 Å². The lowest BCUT2D eigenvalue weighted by atomic mass is 10.2. The quantitative estimate of drug-likeness (QED) is 0.292. The lowest BCUT2D eigenvalue weighted by molar-refractivity contribution is -0.140. The van der Waals surface area contributed by atoms with Gasteiger partial charge < -0.3 is 15.4 Å². The smallest absolute Gasteiger partial charge is 0.305 e. The van der Waals surface area contributed by atoms with E-state index in [1.807, 2.05) is 0 Å². The van der Waals surface area contributed by atoms with Crippen LogP contribution in [0.3, 0.4) is 0 Å². The summed E-state index contributed by atoms with van der Waals surface area (Å²) in [5.41, 5.74) is 1.13. The Bertz CT molecular complexity index is 509. The maximum Gasteiger partial charge on any atom is 0.305 e. The molecule has 0 saturated carbocycles. The molecule has 1 heterocycles. The van der Waals surface area contributed by atoms with Crippen LogP contribution in [-0.4, -0.2) is 43.7 Å². The molecule has 1 rings (SSSR count). The van der Waals surface area contributed by atoms with E-state index in [0.717, 1.165) is 62.0 Å². The van der Waals surface area contributed by atoms with E-state index in [9.17, 15) is 4.79 Å². The standard InChI is InChI=1S/C17H30N4O2S/c1-5-18-17(19-11-8-6-7-9-16(22)23-4)20-12-10-15-21-13(2)14(3)24-15/h5-12H2,1-4H3,(H2,18,19,20). The fourth-order valence-electron chi connectivity index (χ4n) is 2.13. The third-order valence-corrected chi connectivity index (χ3v) is 4.72. The molecule has 2 N–H and O–H groups in total. The minimum atomic E-state index is -0.138. The van der Waals surface area contributed by atoms with Crippen molar-refractivity contribution in [1.29, 1.82) is 0 Å². The molecule has 7 heteroatoms. The first-order valence-electron chi connectivity index (χ1n) is 8.58. The normalized spacial score (nSPS) is 11.4. The van der Waals surface area contributed by atoms with Gasteiger partial charge in [0.05, 0.1) is 17.8 Å². The van der Waals surface area contributed by atoms with Gasteiger partial charge in [0.2, 0.25) is 0 Å². The summed E-state index contributed by atoms with van der Waals surface area (Å²) >= 11 is 1.76. The van der Waals surface area contributed by atoms with Gasteiger partial charge in [-0.25, -0.2) is 4.98 Å². The van der Waals surface area contributed by atoms with Gasteiger partial charge in [-0.05, 0) is 33.6 Å². The molecule has 0 aliphatic rings. The van der Waals surface area contributed by atoms with Gasteiger partial charge in [-0.2, -0.15) is 0 Å². The molecule has 1 aromatic heterocycles. The maximum atomic E-state index is 11.0. The van der Waals surface area contributed by atoms with Crippen LogP contribution in [0.5, 0.6) is 0 Å². The molecule has 0 amide bonds. The van der Waals surface area contributed by atoms with Crippen LogP contribution >= 0.6 is 11.3 Å². The lowest BCUT2D eigenvalue weighted by Gasteiger charge is -2.10. The average molecular weight is 355 g/mol. The average Bonchev–Trinajstić information content (AvgIpc) is 2.88. The molecule has 0 fully saturated rings. The second kappa shape index (κ2) is 11.8. The summed E-state index contributed by atoms with van der Waals surface area (Å²) in [4.78, 5) is 21.4. The SMILES string of the molecule is CCNC(=NCCCCCC(=O)OC)NCCc1nc(C)c(C)s1. The van der Waals surface area contributed by atoms with Crippen molar-refractivity contribution in [3.8, 4) is 0 Å². The van der Waals surface area contributed by atoms with E-state index in [0.29, 0.717) is 6.42 Å². The van der Waals surface area contributed by atoms with Gasteiger partial charge >= 0.3 is 5.97 Å². The third kappa shape index (κ3) is 8.29. The third-order valence-electron chi connectivity index (χ3n) is 3.58. The van der Waals surface area contributed by atoms with Gasteiger partial charge in [0.1, 0.15) is 0 Å². The van der Waals surface area contributed by atoms with E-state index in [4.69, 9.17) is 0 Å². The minimum Gasteiger partial charge on any atom is -0.469 e. The molecule has 0 aliphatic carbocycles. The van der Waals surface area contributed by atoms with Crippen molar-refractivity contribution in [2.24, 2.45) is 4.99 Å². The fourth-order valence-corrected chi connectivity index (χ4v) is 3.06. The summed E-state index contributed by atoms with van der Waals surface area (Å²) < 4.78 is 4.63. The second-order valence-electron chi connectivity index (χ2n) is 5.57. The molecular weight excluding hydrogens is 324 g/mol. The Morgan fingerprint density at radius 3 is 2.67 bits per heavy atom. The summed E-state index contributed by atoms with van der Waals surface area (Å²) in [6.07, 6.45) is 4.21. The van der Waals surface area contributed by atoms with Crippen molar-refractivity contribution in [3.63, 3.8) is 0 Å². The monoisotopic (exact) mass is 354 g/mol. The number of aryl methyl sites for hydroxylation is 2. The van der Waals surface area contributed by atoms with Crippen LogP contribution in [0, 0.1) is 13.8 Å². The number of carbonyl (C=O) groups excluding carboxylic acids is 1. The number of esters is 1. The predicted octanol–water partition coefficient (Wildman–Crippen LogP) is 2.59. The highest BCUT2D eigenvalue weighted by molar-refractivity contribution is 7.11. The highest BCUT2D eigenvalue weighted by Crippen LogP contribution is 2.16. The zero-order chi connectivity index (χ0) is 17.8. The fraction of sp³-hybridized carbons (Fsp3) is 0.706. The number of aromatic nitrogens is 1. The van der Waals surface area contributed by atoms with E-state index < -0.39 is 0 Å². The number of methoxy groups -OCH3 is 1. The van der Waals surface area contributed by atoms with Gasteiger partial charge in [-0.15, -0.1) is 11.3 Å². The molecule has 136 valence electrons. The molecule has 0 unspecified atom stereocenters.